The van der Waals surface area contributed by atoms with E-state index in [1.165, 1.54) is 225 Å². The van der Waals surface area contributed by atoms with Crippen LogP contribution in [-0.4, -0.2) is 29.1 Å². The molecule has 1 heterocycles. The van der Waals surface area contributed by atoms with Crippen LogP contribution in [0.1, 0.15) is 233 Å². The van der Waals surface area contributed by atoms with Gasteiger partial charge in [0.05, 0.1) is 0 Å². The molecule has 0 spiro atoms. The molecule has 1 rings (SSSR count). The zero-order valence-electron chi connectivity index (χ0n) is 30.4. The van der Waals surface area contributed by atoms with E-state index < -0.39 is 0 Å². The first-order valence-corrected chi connectivity index (χ1v) is 20.5. The predicted molar refractivity (Wildman–Crippen MR) is 196 cm³/mol. The first-order valence-electron chi connectivity index (χ1n) is 20.5. The minimum absolute atomic E-state index is 0.640. The van der Waals surface area contributed by atoms with Gasteiger partial charge in [0.2, 0.25) is 0 Å². The normalized spacial score (nSPS) is 14.9. The van der Waals surface area contributed by atoms with E-state index in [1.54, 1.807) is 0 Å². The molecule has 2 nitrogen and oxygen atoms in total. The summed E-state index contributed by atoms with van der Waals surface area (Å²) in [5, 5.41) is 0. The van der Waals surface area contributed by atoms with Crippen molar-refractivity contribution in [3.05, 3.63) is 12.4 Å². The summed E-state index contributed by atoms with van der Waals surface area (Å²) in [6.07, 6.45) is 52.9. The molecule has 0 saturated heterocycles. The molecule has 1 aliphatic rings. The highest BCUT2D eigenvalue weighted by molar-refractivity contribution is 4.97. The molecule has 0 saturated carbocycles. The molecule has 0 aromatic heterocycles. The van der Waals surface area contributed by atoms with Crippen LogP contribution in [-0.2, 0) is 0 Å². The highest BCUT2D eigenvalue weighted by Crippen LogP contribution is 2.24. The first kappa shape index (κ1) is 40.4. The van der Waals surface area contributed by atoms with Gasteiger partial charge in [-0.05, 0) is 25.7 Å². The van der Waals surface area contributed by atoms with Crippen molar-refractivity contribution >= 4 is 0 Å². The van der Waals surface area contributed by atoms with Gasteiger partial charge in [0.25, 0.3) is 0 Å². The summed E-state index contributed by atoms with van der Waals surface area (Å²) in [5.41, 5.74) is 0. The van der Waals surface area contributed by atoms with E-state index in [1.807, 2.05) is 0 Å². The molecule has 0 fully saturated rings. The Morgan fingerprint density at radius 2 is 0.535 bits per heavy atom. The average molecular weight is 603 g/mol. The Balaban J connectivity index is 2.15. The minimum Gasteiger partial charge on any atom is -0.356 e. The molecule has 1 aliphatic heterocycles. The van der Waals surface area contributed by atoms with E-state index >= 15 is 0 Å². The first-order chi connectivity index (χ1) is 21.3. The SMILES string of the molecule is CCCCCCCCCCCCCCCCCCN1C=CN(CCCCCCCCC)C1CCCCCCCCCCC. The summed E-state index contributed by atoms with van der Waals surface area (Å²) < 4.78 is 0. The lowest BCUT2D eigenvalue weighted by Crippen LogP contribution is -2.39. The molecule has 0 radical (unpaired) electrons. The van der Waals surface area contributed by atoms with Gasteiger partial charge >= 0.3 is 0 Å². The van der Waals surface area contributed by atoms with Crippen LogP contribution in [0.25, 0.3) is 0 Å². The van der Waals surface area contributed by atoms with Crippen LogP contribution < -0.4 is 0 Å². The molecule has 1 unspecified atom stereocenters. The minimum atomic E-state index is 0.640. The van der Waals surface area contributed by atoms with Gasteiger partial charge in [0, 0.05) is 25.5 Å². The molecule has 2 heteroatoms. The van der Waals surface area contributed by atoms with Crippen molar-refractivity contribution in [3.63, 3.8) is 0 Å². The van der Waals surface area contributed by atoms with Gasteiger partial charge in [-0.15, -0.1) is 0 Å². The second-order valence-electron chi connectivity index (χ2n) is 14.3. The van der Waals surface area contributed by atoms with E-state index in [0.717, 1.165) is 0 Å². The van der Waals surface area contributed by atoms with Gasteiger partial charge in [-0.3, -0.25) is 0 Å². The number of nitrogens with zero attached hydrogens (tertiary/aromatic N) is 2. The average Bonchev–Trinajstić information content (AvgIpc) is 3.40. The van der Waals surface area contributed by atoms with E-state index in [2.05, 4.69) is 43.0 Å². The standard InChI is InChI=1S/C41H82N2/c1-4-7-10-13-16-18-19-20-21-22-23-24-26-29-32-35-38-43-40-39-42(37-34-31-28-15-12-9-6-3)41(43)36-33-30-27-25-17-14-11-8-5-2/h39-41H,4-38H2,1-3H3. The van der Waals surface area contributed by atoms with Gasteiger partial charge in [-0.25, -0.2) is 0 Å². The number of unbranched alkanes of at least 4 members (excludes halogenated alkanes) is 29. The van der Waals surface area contributed by atoms with E-state index in [4.69, 9.17) is 0 Å². The Morgan fingerprint density at radius 3 is 0.814 bits per heavy atom. The second-order valence-corrected chi connectivity index (χ2v) is 14.3. The third-order valence-electron chi connectivity index (χ3n) is 10.1. The Labute approximate surface area is 273 Å². The number of hydrogen-bond acceptors (Lipinski definition) is 2. The molecule has 256 valence electrons. The molecule has 1 atom stereocenters. The quantitative estimate of drug-likeness (QED) is 0.0666. The Kier molecular flexibility index (Phi) is 30.7. The van der Waals surface area contributed by atoms with Crippen molar-refractivity contribution in [2.24, 2.45) is 0 Å². The van der Waals surface area contributed by atoms with Gasteiger partial charge < -0.3 is 9.80 Å². The van der Waals surface area contributed by atoms with Gasteiger partial charge in [0.1, 0.15) is 6.17 Å². The zero-order valence-corrected chi connectivity index (χ0v) is 30.4. The zero-order chi connectivity index (χ0) is 30.9. The highest BCUT2D eigenvalue weighted by Gasteiger charge is 2.24. The van der Waals surface area contributed by atoms with Crippen molar-refractivity contribution in [2.45, 2.75) is 239 Å². The lowest BCUT2D eigenvalue weighted by molar-refractivity contribution is 0.135. The summed E-state index contributed by atoms with van der Waals surface area (Å²) in [6, 6.07) is 0. The van der Waals surface area contributed by atoms with Crippen molar-refractivity contribution in [3.8, 4) is 0 Å². The lowest BCUT2D eigenvalue weighted by Gasteiger charge is -2.33. The molecule has 0 amide bonds. The van der Waals surface area contributed by atoms with Crippen molar-refractivity contribution in [1.82, 2.24) is 9.80 Å². The molecule has 0 aromatic carbocycles. The fourth-order valence-corrected chi connectivity index (χ4v) is 7.07. The van der Waals surface area contributed by atoms with Crippen LogP contribution >= 0.6 is 0 Å². The van der Waals surface area contributed by atoms with Gasteiger partial charge in [0.15, 0.2) is 0 Å². The molecule has 0 bridgehead atoms. The summed E-state index contributed by atoms with van der Waals surface area (Å²) in [4.78, 5) is 5.43. The topological polar surface area (TPSA) is 6.48 Å². The molecule has 0 aromatic rings. The fourth-order valence-electron chi connectivity index (χ4n) is 7.07. The van der Waals surface area contributed by atoms with E-state index in [9.17, 15) is 0 Å². The smallest absolute Gasteiger partial charge is 0.101 e. The van der Waals surface area contributed by atoms with Crippen LogP contribution in [0.2, 0.25) is 0 Å². The molecule has 43 heavy (non-hydrogen) atoms. The monoisotopic (exact) mass is 603 g/mol. The molecular formula is C41H82N2. The Morgan fingerprint density at radius 1 is 0.302 bits per heavy atom. The summed E-state index contributed by atoms with van der Waals surface area (Å²) >= 11 is 0. The number of rotatable bonds is 35. The molecular weight excluding hydrogens is 520 g/mol. The highest BCUT2D eigenvalue weighted by atomic mass is 15.4. The summed E-state index contributed by atoms with van der Waals surface area (Å²) in [5.74, 6) is 0. The van der Waals surface area contributed by atoms with E-state index in [0.29, 0.717) is 6.17 Å². The summed E-state index contributed by atoms with van der Waals surface area (Å²) in [6.45, 7) is 9.48. The molecule has 0 aliphatic carbocycles. The predicted octanol–water partition coefficient (Wildman–Crippen LogP) is 14.3. The molecule has 0 N–H and O–H groups in total. The Bertz CT molecular complexity index is 558. The van der Waals surface area contributed by atoms with Gasteiger partial charge in [-0.2, -0.15) is 0 Å². The fraction of sp³-hybridized carbons (Fsp3) is 0.951. The maximum atomic E-state index is 2.72. The second kappa shape index (κ2) is 32.7. The van der Waals surface area contributed by atoms with Crippen LogP contribution in [0, 0.1) is 0 Å². The largest absolute Gasteiger partial charge is 0.356 e. The third kappa shape index (κ3) is 25.2. The Hall–Kier alpha value is -0.660. The maximum Gasteiger partial charge on any atom is 0.101 e. The van der Waals surface area contributed by atoms with Crippen LogP contribution in [0.3, 0.4) is 0 Å². The van der Waals surface area contributed by atoms with Crippen molar-refractivity contribution in [1.29, 1.82) is 0 Å². The van der Waals surface area contributed by atoms with Crippen molar-refractivity contribution < 1.29 is 0 Å². The van der Waals surface area contributed by atoms with Crippen molar-refractivity contribution in [2.75, 3.05) is 13.1 Å². The van der Waals surface area contributed by atoms with Gasteiger partial charge in [-0.1, -0.05) is 207 Å². The summed E-state index contributed by atoms with van der Waals surface area (Å²) in [7, 11) is 0. The lowest BCUT2D eigenvalue weighted by atomic mass is 10.0. The maximum absolute atomic E-state index is 2.72. The number of hydrogen-bond donors (Lipinski definition) is 0. The van der Waals surface area contributed by atoms with Crippen LogP contribution in [0.15, 0.2) is 12.4 Å². The van der Waals surface area contributed by atoms with E-state index in [-0.39, 0.29) is 0 Å². The van der Waals surface area contributed by atoms with Crippen LogP contribution in [0.5, 0.6) is 0 Å². The van der Waals surface area contributed by atoms with Crippen LogP contribution in [0.4, 0.5) is 0 Å². The third-order valence-corrected chi connectivity index (χ3v) is 10.1.